The first-order valence-electron chi connectivity index (χ1n) is 7.47. The molecule has 118 valence electrons. The smallest absolute Gasteiger partial charge is 0.229 e. The van der Waals surface area contributed by atoms with Crippen LogP contribution in [-0.2, 0) is 9.59 Å². The van der Waals surface area contributed by atoms with Crippen LogP contribution in [0.1, 0.15) is 6.42 Å². The summed E-state index contributed by atoms with van der Waals surface area (Å²) in [5.74, 6) is -0.425. The van der Waals surface area contributed by atoms with E-state index < -0.39 is 0 Å². The fourth-order valence-electron chi connectivity index (χ4n) is 2.66. The van der Waals surface area contributed by atoms with Crippen LogP contribution in [0.15, 0.2) is 59.5 Å². The van der Waals surface area contributed by atoms with E-state index in [0.29, 0.717) is 6.54 Å². The Morgan fingerprint density at radius 1 is 1.13 bits per heavy atom. The standard InChI is InChI=1S/C18H18N2O2S/c1-23-16-9-7-15(8-10-16)20-12-13(11-17(20)21)18(22)19-14-5-3-2-4-6-14/h2-10,13H,11-12H2,1H3,(H,19,22). The molecule has 0 radical (unpaired) electrons. The highest BCUT2D eigenvalue weighted by molar-refractivity contribution is 7.98. The van der Waals surface area contributed by atoms with Gasteiger partial charge in [-0.15, -0.1) is 11.8 Å². The Bertz CT molecular complexity index is 701. The summed E-state index contributed by atoms with van der Waals surface area (Å²) in [5.41, 5.74) is 1.61. The van der Waals surface area contributed by atoms with E-state index in [0.717, 1.165) is 16.3 Å². The molecular weight excluding hydrogens is 308 g/mol. The van der Waals surface area contributed by atoms with Crippen LogP contribution in [-0.4, -0.2) is 24.6 Å². The second kappa shape index (κ2) is 6.87. The average Bonchev–Trinajstić information content (AvgIpc) is 2.98. The van der Waals surface area contributed by atoms with E-state index >= 15 is 0 Å². The summed E-state index contributed by atoms with van der Waals surface area (Å²) in [6.45, 7) is 0.427. The molecule has 1 atom stereocenters. The van der Waals surface area contributed by atoms with Gasteiger partial charge in [-0.1, -0.05) is 18.2 Å². The molecule has 0 aliphatic carbocycles. The van der Waals surface area contributed by atoms with Crippen molar-refractivity contribution in [3.05, 3.63) is 54.6 Å². The minimum Gasteiger partial charge on any atom is -0.326 e. The molecule has 0 saturated carbocycles. The molecule has 23 heavy (non-hydrogen) atoms. The summed E-state index contributed by atoms with van der Waals surface area (Å²) < 4.78 is 0. The third-order valence-electron chi connectivity index (χ3n) is 3.92. The molecule has 3 rings (SSSR count). The van der Waals surface area contributed by atoms with E-state index in [1.165, 1.54) is 0 Å². The van der Waals surface area contributed by atoms with Gasteiger partial charge in [0.1, 0.15) is 0 Å². The molecular formula is C18H18N2O2S. The van der Waals surface area contributed by atoms with Gasteiger partial charge >= 0.3 is 0 Å². The largest absolute Gasteiger partial charge is 0.326 e. The van der Waals surface area contributed by atoms with Crippen molar-refractivity contribution in [2.75, 3.05) is 23.0 Å². The van der Waals surface area contributed by atoms with Gasteiger partial charge < -0.3 is 10.2 Å². The fourth-order valence-corrected chi connectivity index (χ4v) is 3.07. The lowest BCUT2D eigenvalue weighted by Gasteiger charge is -2.17. The zero-order chi connectivity index (χ0) is 16.2. The van der Waals surface area contributed by atoms with Gasteiger partial charge in [-0.25, -0.2) is 0 Å². The Kier molecular flexibility index (Phi) is 4.67. The van der Waals surface area contributed by atoms with Gasteiger partial charge in [0.15, 0.2) is 0 Å². The van der Waals surface area contributed by atoms with Gasteiger partial charge in [0.25, 0.3) is 0 Å². The average molecular weight is 326 g/mol. The molecule has 0 aromatic heterocycles. The summed E-state index contributed by atoms with van der Waals surface area (Å²) in [6, 6.07) is 17.2. The fraction of sp³-hybridized carbons (Fsp3) is 0.222. The number of nitrogens with one attached hydrogen (secondary N) is 1. The van der Waals surface area contributed by atoms with Gasteiger partial charge in [-0.05, 0) is 42.7 Å². The van der Waals surface area contributed by atoms with E-state index in [1.807, 2.05) is 60.9 Å². The van der Waals surface area contributed by atoms with Crippen LogP contribution < -0.4 is 10.2 Å². The molecule has 1 N–H and O–H groups in total. The quantitative estimate of drug-likeness (QED) is 0.876. The highest BCUT2D eigenvalue weighted by atomic mass is 32.2. The lowest BCUT2D eigenvalue weighted by molar-refractivity contribution is -0.122. The van der Waals surface area contributed by atoms with E-state index in [2.05, 4.69) is 5.32 Å². The summed E-state index contributed by atoms with van der Waals surface area (Å²) in [5, 5.41) is 2.87. The first kappa shape index (κ1) is 15.6. The van der Waals surface area contributed by atoms with Crippen molar-refractivity contribution in [1.82, 2.24) is 0 Å². The number of rotatable bonds is 4. The van der Waals surface area contributed by atoms with Gasteiger partial charge in [0.05, 0.1) is 5.92 Å². The predicted octanol–water partition coefficient (Wildman–Crippen LogP) is 3.40. The second-order valence-electron chi connectivity index (χ2n) is 5.46. The van der Waals surface area contributed by atoms with E-state index in [4.69, 9.17) is 0 Å². The summed E-state index contributed by atoms with van der Waals surface area (Å²) in [7, 11) is 0. The highest BCUT2D eigenvalue weighted by Crippen LogP contribution is 2.27. The number of hydrogen-bond donors (Lipinski definition) is 1. The summed E-state index contributed by atoms with van der Waals surface area (Å²) in [4.78, 5) is 27.4. The molecule has 2 amide bonds. The van der Waals surface area contributed by atoms with Crippen LogP contribution in [0.2, 0.25) is 0 Å². The van der Waals surface area contributed by atoms with E-state index in [1.54, 1.807) is 16.7 Å². The molecule has 5 heteroatoms. The SMILES string of the molecule is CSc1ccc(N2CC(C(=O)Nc3ccccc3)CC2=O)cc1. The Morgan fingerprint density at radius 3 is 2.48 bits per heavy atom. The van der Waals surface area contributed by atoms with Crippen molar-refractivity contribution < 1.29 is 9.59 Å². The molecule has 1 unspecified atom stereocenters. The minimum atomic E-state index is -0.317. The number of para-hydroxylation sites is 1. The maximum atomic E-state index is 12.3. The molecule has 4 nitrogen and oxygen atoms in total. The summed E-state index contributed by atoms with van der Waals surface area (Å²) >= 11 is 1.66. The van der Waals surface area contributed by atoms with Crippen molar-refractivity contribution in [3.8, 4) is 0 Å². The van der Waals surface area contributed by atoms with Crippen molar-refractivity contribution in [2.24, 2.45) is 5.92 Å². The first-order valence-corrected chi connectivity index (χ1v) is 8.70. The highest BCUT2D eigenvalue weighted by Gasteiger charge is 2.35. The lowest BCUT2D eigenvalue weighted by Crippen LogP contribution is -2.28. The predicted molar refractivity (Wildman–Crippen MR) is 93.8 cm³/mol. The van der Waals surface area contributed by atoms with E-state index in [9.17, 15) is 9.59 Å². The van der Waals surface area contributed by atoms with Crippen LogP contribution in [0.4, 0.5) is 11.4 Å². The van der Waals surface area contributed by atoms with Crippen LogP contribution in [0, 0.1) is 5.92 Å². The molecule has 0 bridgehead atoms. The van der Waals surface area contributed by atoms with Crippen molar-refractivity contribution in [2.45, 2.75) is 11.3 Å². The van der Waals surface area contributed by atoms with Gasteiger partial charge in [-0.3, -0.25) is 9.59 Å². The zero-order valence-corrected chi connectivity index (χ0v) is 13.7. The van der Waals surface area contributed by atoms with Crippen molar-refractivity contribution in [3.63, 3.8) is 0 Å². The molecule has 2 aromatic rings. The molecule has 1 heterocycles. The second-order valence-corrected chi connectivity index (χ2v) is 6.34. The van der Waals surface area contributed by atoms with Crippen LogP contribution in [0.5, 0.6) is 0 Å². The van der Waals surface area contributed by atoms with Crippen LogP contribution >= 0.6 is 11.8 Å². The van der Waals surface area contributed by atoms with Gasteiger partial charge in [0, 0.05) is 29.2 Å². The number of benzene rings is 2. The van der Waals surface area contributed by atoms with Crippen LogP contribution in [0.25, 0.3) is 0 Å². The van der Waals surface area contributed by atoms with E-state index in [-0.39, 0.29) is 24.2 Å². The molecule has 1 fully saturated rings. The number of anilines is 2. The number of carbonyl (C=O) groups is 2. The number of thioether (sulfide) groups is 1. The normalized spacial score (nSPS) is 17.3. The minimum absolute atomic E-state index is 0.00452. The number of amides is 2. The third-order valence-corrected chi connectivity index (χ3v) is 4.66. The Labute approximate surface area is 139 Å². The van der Waals surface area contributed by atoms with Crippen molar-refractivity contribution in [1.29, 1.82) is 0 Å². The Morgan fingerprint density at radius 2 is 1.83 bits per heavy atom. The first-order chi connectivity index (χ1) is 11.2. The van der Waals surface area contributed by atoms with Gasteiger partial charge in [0.2, 0.25) is 11.8 Å². The maximum absolute atomic E-state index is 12.3. The molecule has 1 aliphatic rings. The number of nitrogens with zero attached hydrogens (tertiary/aromatic N) is 1. The number of hydrogen-bond acceptors (Lipinski definition) is 3. The maximum Gasteiger partial charge on any atom is 0.229 e. The summed E-state index contributed by atoms with van der Waals surface area (Å²) in [6.07, 6.45) is 2.27. The Balaban J connectivity index is 1.67. The third kappa shape index (κ3) is 3.56. The molecule has 2 aromatic carbocycles. The van der Waals surface area contributed by atoms with Gasteiger partial charge in [-0.2, -0.15) is 0 Å². The molecule has 0 spiro atoms. The monoisotopic (exact) mass is 326 g/mol. The Hall–Kier alpha value is -2.27. The van der Waals surface area contributed by atoms with Crippen molar-refractivity contribution >= 4 is 35.0 Å². The molecule has 1 saturated heterocycles. The number of carbonyl (C=O) groups excluding carboxylic acids is 2. The zero-order valence-electron chi connectivity index (χ0n) is 12.9. The van der Waals surface area contributed by atoms with Crippen LogP contribution in [0.3, 0.4) is 0 Å². The topological polar surface area (TPSA) is 49.4 Å². The lowest BCUT2D eigenvalue weighted by atomic mass is 10.1. The molecule has 1 aliphatic heterocycles.